The third-order valence-corrected chi connectivity index (χ3v) is 7.40. The molecule has 2 aromatic rings. The number of carbonyl (C=O) groups is 1. The van der Waals surface area contributed by atoms with E-state index in [0.717, 1.165) is 19.3 Å². The summed E-state index contributed by atoms with van der Waals surface area (Å²) in [6.07, 6.45) is 6.84. The van der Waals surface area contributed by atoms with E-state index >= 15 is 0 Å². The number of rotatable bonds is 7. The van der Waals surface area contributed by atoms with Gasteiger partial charge in [0.2, 0.25) is 10.0 Å². The van der Waals surface area contributed by atoms with Crippen molar-refractivity contribution in [2.45, 2.75) is 44.0 Å². The number of hydrogen-bond donors (Lipinski definition) is 1. The number of benzene rings is 2. The van der Waals surface area contributed by atoms with Gasteiger partial charge in [0.25, 0.3) is 5.91 Å². The predicted molar refractivity (Wildman–Crippen MR) is 121 cm³/mol. The first kappa shape index (κ1) is 21.4. The number of para-hydroxylation sites is 2. The van der Waals surface area contributed by atoms with Crippen LogP contribution in [0.4, 0.5) is 5.69 Å². The largest absolute Gasteiger partial charge is 0.476 e. The van der Waals surface area contributed by atoms with Crippen molar-refractivity contribution in [1.82, 2.24) is 5.32 Å². The third-order valence-electron chi connectivity index (χ3n) is 5.69. The van der Waals surface area contributed by atoms with Gasteiger partial charge in [-0.1, -0.05) is 54.1 Å². The number of carbonyl (C=O) groups excluding carboxylic acids is 1. The second-order valence-electron chi connectivity index (χ2n) is 8.00. The van der Waals surface area contributed by atoms with Gasteiger partial charge in [-0.15, -0.1) is 0 Å². The van der Waals surface area contributed by atoms with Crippen LogP contribution >= 0.6 is 0 Å². The highest BCUT2D eigenvalue weighted by atomic mass is 32.2. The van der Waals surface area contributed by atoms with Crippen LogP contribution in [0.1, 0.15) is 37.7 Å². The molecular weight excluding hydrogens is 412 g/mol. The minimum atomic E-state index is -3.69. The maximum atomic E-state index is 13.2. The molecule has 2 aromatic carbocycles. The molecule has 6 nitrogen and oxygen atoms in total. The van der Waals surface area contributed by atoms with Gasteiger partial charge < -0.3 is 10.1 Å². The Morgan fingerprint density at radius 2 is 1.84 bits per heavy atom. The first-order valence-electron chi connectivity index (χ1n) is 10.8. The molecule has 0 aromatic heterocycles. The van der Waals surface area contributed by atoms with Gasteiger partial charge in [0, 0.05) is 6.54 Å². The highest BCUT2D eigenvalue weighted by molar-refractivity contribution is 7.92. The monoisotopic (exact) mass is 440 g/mol. The van der Waals surface area contributed by atoms with Crippen molar-refractivity contribution in [1.29, 1.82) is 0 Å². The lowest BCUT2D eigenvalue weighted by molar-refractivity contribution is -0.127. The van der Waals surface area contributed by atoms with E-state index in [2.05, 4.69) is 11.4 Å². The zero-order valence-corrected chi connectivity index (χ0v) is 18.3. The Bertz CT molecular complexity index is 1050. The summed E-state index contributed by atoms with van der Waals surface area (Å²) in [5, 5.41) is 2.93. The van der Waals surface area contributed by atoms with Crippen LogP contribution in [0.5, 0.6) is 5.75 Å². The van der Waals surface area contributed by atoms with Gasteiger partial charge in [-0.2, -0.15) is 0 Å². The molecule has 164 valence electrons. The molecule has 2 aliphatic rings. The van der Waals surface area contributed by atoms with Crippen LogP contribution in [-0.2, 0) is 20.6 Å². The molecule has 1 unspecified atom stereocenters. The molecule has 4 rings (SSSR count). The summed E-state index contributed by atoms with van der Waals surface area (Å²) in [6.45, 7) is 0.490. The lowest BCUT2D eigenvalue weighted by atomic mass is 9.97. The Labute approximate surface area is 184 Å². The maximum Gasteiger partial charge on any atom is 0.263 e. The van der Waals surface area contributed by atoms with Crippen molar-refractivity contribution < 1.29 is 17.9 Å². The number of allylic oxidation sites excluding steroid dienone is 1. The molecule has 1 atom stereocenters. The molecule has 0 spiro atoms. The van der Waals surface area contributed by atoms with Gasteiger partial charge in [-0.3, -0.25) is 9.10 Å². The zero-order valence-electron chi connectivity index (χ0n) is 17.5. The third kappa shape index (κ3) is 5.28. The van der Waals surface area contributed by atoms with Crippen molar-refractivity contribution in [3.63, 3.8) is 0 Å². The van der Waals surface area contributed by atoms with Crippen molar-refractivity contribution in [3.05, 3.63) is 71.8 Å². The zero-order chi connectivity index (χ0) is 21.7. The summed E-state index contributed by atoms with van der Waals surface area (Å²) in [6, 6.07) is 16.0. The molecule has 1 amide bonds. The maximum absolute atomic E-state index is 13.2. The Balaban J connectivity index is 1.47. The van der Waals surface area contributed by atoms with Crippen molar-refractivity contribution in [3.8, 4) is 5.75 Å². The number of nitrogens with zero attached hydrogens (tertiary/aromatic N) is 1. The topological polar surface area (TPSA) is 75.7 Å². The standard InChI is InChI=1S/C24H28N2O4S/c27-24(25-16-15-19-9-3-1-4-10-19)23-17-26(21-13-7-8-14-22(21)30-23)31(28,29)18-20-11-5-2-6-12-20/h2,5-9,11-14,23H,1,3-4,10,15-18H2,(H,25,27). The molecular formula is C24H28N2O4S. The molecule has 0 bridgehead atoms. The van der Waals surface area contributed by atoms with E-state index in [9.17, 15) is 13.2 Å². The van der Waals surface area contributed by atoms with Gasteiger partial charge in [0.05, 0.1) is 18.0 Å². The van der Waals surface area contributed by atoms with Crippen molar-refractivity contribution >= 4 is 21.6 Å². The number of anilines is 1. The quantitative estimate of drug-likeness (QED) is 0.665. The number of ether oxygens (including phenoxy) is 1. The molecule has 1 heterocycles. The van der Waals surface area contributed by atoms with Gasteiger partial charge in [-0.05, 0) is 49.8 Å². The average Bonchev–Trinajstić information content (AvgIpc) is 2.79. The number of nitrogens with one attached hydrogen (secondary N) is 1. The molecule has 7 heteroatoms. The van der Waals surface area contributed by atoms with Gasteiger partial charge in [0.15, 0.2) is 6.10 Å². The van der Waals surface area contributed by atoms with E-state index in [0.29, 0.717) is 23.5 Å². The summed E-state index contributed by atoms with van der Waals surface area (Å²) >= 11 is 0. The summed E-state index contributed by atoms with van der Waals surface area (Å²) in [4.78, 5) is 12.8. The van der Waals surface area contributed by atoms with Crippen LogP contribution in [0.2, 0.25) is 0 Å². The number of sulfonamides is 1. The molecule has 0 radical (unpaired) electrons. The molecule has 0 fully saturated rings. The summed E-state index contributed by atoms with van der Waals surface area (Å²) in [7, 11) is -3.69. The van der Waals surface area contributed by atoms with E-state index in [1.807, 2.05) is 18.2 Å². The van der Waals surface area contributed by atoms with Gasteiger partial charge in [-0.25, -0.2) is 8.42 Å². The van der Waals surface area contributed by atoms with E-state index in [1.54, 1.807) is 36.4 Å². The van der Waals surface area contributed by atoms with Crippen LogP contribution in [0.25, 0.3) is 0 Å². The first-order valence-corrected chi connectivity index (χ1v) is 12.4. The minimum absolute atomic E-state index is 0.0410. The fourth-order valence-electron chi connectivity index (χ4n) is 4.06. The SMILES string of the molecule is O=C(NCCC1=CCCCC1)C1CN(S(=O)(=O)Cc2ccccc2)c2ccccc2O1. The highest BCUT2D eigenvalue weighted by Crippen LogP contribution is 2.35. The predicted octanol–water partition coefficient (Wildman–Crippen LogP) is 3.79. The van der Waals surface area contributed by atoms with Gasteiger partial charge >= 0.3 is 0 Å². The number of amides is 1. The van der Waals surface area contributed by atoms with Crippen LogP contribution in [-0.4, -0.2) is 33.5 Å². The van der Waals surface area contributed by atoms with Gasteiger partial charge in [0.1, 0.15) is 5.75 Å². The van der Waals surface area contributed by atoms with E-state index in [1.165, 1.54) is 22.7 Å². The second kappa shape index (κ2) is 9.56. The Morgan fingerprint density at radius 3 is 2.61 bits per heavy atom. The summed E-state index contributed by atoms with van der Waals surface area (Å²) in [5.74, 6) is -0.0173. The fraction of sp³-hybridized carbons (Fsp3) is 0.375. The second-order valence-corrected chi connectivity index (χ2v) is 9.89. The van der Waals surface area contributed by atoms with E-state index in [4.69, 9.17) is 4.74 Å². The molecule has 31 heavy (non-hydrogen) atoms. The molecule has 0 saturated carbocycles. The fourth-order valence-corrected chi connectivity index (χ4v) is 5.64. The van der Waals surface area contributed by atoms with Crippen LogP contribution in [0, 0.1) is 0 Å². The molecule has 0 saturated heterocycles. The van der Waals surface area contributed by atoms with Crippen LogP contribution < -0.4 is 14.4 Å². The Kier molecular flexibility index (Phi) is 6.61. The Morgan fingerprint density at radius 1 is 1.06 bits per heavy atom. The lowest BCUT2D eigenvalue weighted by Crippen LogP contribution is -2.51. The number of hydrogen-bond acceptors (Lipinski definition) is 4. The molecule has 1 aliphatic carbocycles. The molecule has 1 aliphatic heterocycles. The minimum Gasteiger partial charge on any atom is -0.476 e. The van der Waals surface area contributed by atoms with Crippen LogP contribution in [0.3, 0.4) is 0 Å². The summed E-state index contributed by atoms with van der Waals surface area (Å²) < 4.78 is 33.7. The smallest absolute Gasteiger partial charge is 0.263 e. The molecule has 1 N–H and O–H groups in total. The van der Waals surface area contributed by atoms with E-state index in [-0.39, 0.29) is 18.2 Å². The first-order chi connectivity index (χ1) is 15.0. The Hall–Kier alpha value is -2.80. The van der Waals surface area contributed by atoms with Crippen LogP contribution in [0.15, 0.2) is 66.2 Å². The number of fused-ring (bicyclic) bond motifs is 1. The average molecular weight is 441 g/mol. The van der Waals surface area contributed by atoms with E-state index < -0.39 is 16.1 Å². The van der Waals surface area contributed by atoms with Crippen molar-refractivity contribution in [2.24, 2.45) is 0 Å². The highest BCUT2D eigenvalue weighted by Gasteiger charge is 2.36. The summed E-state index contributed by atoms with van der Waals surface area (Å²) in [5.41, 5.74) is 2.55. The lowest BCUT2D eigenvalue weighted by Gasteiger charge is -2.34. The van der Waals surface area contributed by atoms with Crippen molar-refractivity contribution in [2.75, 3.05) is 17.4 Å². The normalized spacial score (nSPS) is 18.5.